The molecular formula is C22H25N3O3. The molecule has 0 aromatic heterocycles. The molecule has 2 atom stereocenters. The zero-order valence-corrected chi connectivity index (χ0v) is 15.9. The lowest BCUT2D eigenvalue weighted by Crippen LogP contribution is -2.62. The Balaban J connectivity index is 1.41. The lowest BCUT2D eigenvalue weighted by Gasteiger charge is -2.49. The molecule has 3 fully saturated rings. The number of nitrogens with two attached hydrogens (primary N) is 1. The summed E-state index contributed by atoms with van der Waals surface area (Å²) in [5, 5.41) is 3.23. The van der Waals surface area contributed by atoms with E-state index in [4.69, 9.17) is 10.5 Å². The largest absolute Gasteiger partial charge is 0.457 e. The number of ether oxygens (including phenoxy) is 1. The van der Waals surface area contributed by atoms with E-state index in [0.29, 0.717) is 34.6 Å². The number of carbonyl (C=O) groups is 2. The van der Waals surface area contributed by atoms with Gasteiger partial charge in [0.2, 0.25) is 5.91 Å². The average molecular weight is 379 g/mol. The van der Waals surface area contributed by atoms with Gasteiger partial charge in [-0.3, -0.25) is 14.5 Å². The fraction of sp³-hybridized carbons (Fsp3) is 0.364. The van der Waals surface area contributed by atoms with Crippen LogP contribution in [0, 0.1) is 5.92 Å². The SMILES string of the molecule is C[C@@H]1[C@H](NC(=O)c2ccc(Oc3cccc(C(N)=O)c3)cc2)C2CCN1CC2. The van der Waals surface area contributed by atoms with Crippen LogP contribution in [-0.2, 0) is 0 Å². The normalized spacial score (nSPS) is 25.9. The zero-order valence-electron chi connectivity index (χ0n) is 15.9. The summed E-state index contributed by atoms with van der Waals surface area (Å²) in [6.07, 6.45) is 2.32. The summed E-state index contributed by atoms with van der Waals surface area (Å²) in [4.78, 5) is 26.4. The fourth-order valence-electron chi connectivity index (χ4n) is 4.30. The summed E-state index contributed by atoms with van der Waals surface area (Å²) in [6, 6.07) is 14.3. The summed E-state index contributed by atoms with van der Waals surface area (Å²) in [6.45, 7) is 4.48. The Morgan fingerprint density at radius 1 is 1.04 bits per heavy atom. The molecule has 0 spiro atoms. The first-order valence-corrected chi connectivity index (χ1v) is 9.74. The van der Waals surface area contributed by atoms with E-state index in [1.807, 2.05) is 0 Å². The first-order valence-electron chi connectivity index (χ1n) is 9.74. The number of fused-ring (bicyclic) bond motifs is 3. The maximum Gasteiger partial charge on any atom is 0.251 e. The van der Waals surface area contributed by atoms with Gasteiger partial charge in [-0.25, -0.2) is 0 Å². The van der Waals surface area contributed by atoms with Gasteiger partial charge >= 0.3 is 0 Å². The van der Waals surface area contributed by atoms with Crippen molar-refractivity contribution >= 4 is 11.8 Å². The van der Waals surface area contributed by atoms with Crippen molar-refractivity contribution in [1.82, 2.24) is 10.2 Å². The van der Waals surface area contributed by atoms with Gasteiger partial charge in [0.05, 0.1) is 0 Å². The molecule has 2 aromatic carbocycles. The van der Waals surface area contributed by atoms with Gasteiger partial charge in [0.15, 0.2) is 0 Å². The van der Waals surface area contributed by atoms with Crippen molar-refractivity contribution in [1.29, 1.82) is 0 Å². The molecule has 3 N–H and O–H groups in total. The molecule has 2 amide bonds. The van der Waals surface area contributed by atoms with Crippen LogP contribution >= 0.6 is 0 Å². The van der Waals surface area contributed by atoms with E-state index >= 15 is 0 Å². The van der Waals surface area contributed by atoms with Crippen molar-refractivity contribution in [3.63, 3.8) is 0 Å². The van der Waals surface area contributed by atoms with Crippen LogP contribution in [0.4, 0.5) is 0 Å². The van der Waals surface area contributed by atoms with Crippen molar-refractivity contribution in [2.45, 2.75) is 31.8 Å². The number of carbonyl (C=O) groups excluding carboxylic acids is 2. The van der Waals surface area contributed by atoms with Gasteiger partial charge in [0, 0.05) is 23.2 Å². The highest BCUT2D eigenvalue weighted by atomic mass is 16.5. The highest BCUT2D eigenvalue weighted by Gasteiger charge is 2.40. The molecule has 28 heavy (non-hydrogen) atoms. The first kappa shape index (κ1) is 18.5. The molecule has 2 aromatic rings. The maximum atomic E-state index is 12.7. The standard InChI is InChI=1S/C22H25N3O3/c1-14-20(15-9-11-25(14)12-10-15)24-22(27)16-5-7-18(8-6-16)28-19-4-2-3-17(13-19)21(23)26/h2-8,13-15,20H,9-12H2,1H3,(H2,23,26)(H,24,27)/t14-,20+/m1/s1. The predicted molar refractivity (Wildman–Crippen MR) is 106 cm³/mol. The summed E-state index contributed by atoms with van der Waals surface area (Å²) in [5.74, 6) is 1.14. The molecule has 0 radical (unpaired) electrons. The summed E-state index contributed by atoms with van der Waals surface area (Å²) >= 11 is 0. The van der Waals surface area contributed by atoms with Gasteiger partial charge in [0.25, 0.3) is 5.91 Å². The molecule has 146 valence electrons. The molecule has 3 aliphatic rings. The summed E-state index contributed by atoms with van der Waals surface area (Å²) in [5.41, 5.74) is 6.30. The van der Waals surface area contributed by atoms with Crippen molar-refractivity contribution < 1.29 is 14.3 Å². The van der Waals surface area contributed by atoms with Gasteiger partial charge in [0.1, 0.15) is 11.5 Å². The Hall–Kier alpha value is -2.86. The molecule has 0 aliphatic carbocycles. The number of nitrogens with one attached hydrogen (secondary N) is 1. The van der Waals surface area contributed by atoms with Crippen LogP contribution in [0.5, 0.6) is 11.5 Å². The van der Waals surface area contributed by atoms with Gasteiger partial charge in [-0.1, -0.05) is 6.07 Å². The Morgan fingerprint density at radius 3 is 2.39 bits per heavy atom. The van der Waals surface area contributed by atoms with E-state index in [0.717, 1.165) is 25.9 Å². The Bertz CT molecular complexity index is 871. The van der Waals surface area contributed by atoms with Crippen molar-refractivity contribution in [3.8, 4) is 11.5 Å². The van der Waals surface area contributed by atoms with Gasteiger partial charge < -0.3 is 15.8 Å². The smallest absolute Gasteiger partial charge is 0.251 e. The minimum absolute atomic E-state index is 0.0483. The molecule has 6 nitrogen and oxygen atoms in total. The molecule has 5 rings (SSSR count). The van der Waals surface area contributed by atoms with E-state index in [9.17, 15) is 9.59 Å². The number of nitrogens with zero attached hydrogens (tertiary/aromatic N) is 1. The van der Waals surface area contributed by atoms with Crippen LogP contribution in [0.15, 0.2) is 48.5 Å². The average Bonchev–Trinajstić information content (AvgIpc) is 2.71. The fourth-order valence-corrected chi connectivity index (χ4v) is 4.30. The van der Waals surface area contributed by atoms with Crippen molar-refractivity contribution in [2.24, 2.45) is 11.7 Å². The van der Waals surface area contributed by atoms with Gasteiger partial charge in [-0.2, -0.15) is 0 Å². The second-order valence-corrected chi connectivity index (χ2v) is 7.63. The zero-order chi connectivity index (χ0) is 19.7. The third-order valence-electron chi connectivity index (χ3n) is 5.95. The van der Waals surface area contributed by atoms with Crippen LogP contribution < -0.4 is 15.8 Å². The van der Waals surface area contributed by atoms with Crippen molar-refractivity contribution in [3.05, 3.63) is 59.7 Å². The summed E-state index contributed by atoms with van der Waals surface area (Å²) in [7, 11) is 0. The molecule has 6 heteroatoms. The number of piperidine rings is 3. The van der Waals surface area contributed by atoms with Crippen LogP contribution in [0.25, 0.3) is 0 Å². The number of hydrogen-bond donors (Lipinski definition) is 2. The second-order valence-electron chi connectivity index (χ2n) is 7.63. The molecule has 3 aliphatic heterocycles. The Morgan fingerprint density at radius 2 is 1.75 bits per heavy atom. The van der Waals surface area contributed by atoms with Crippen LogP contribution in [0.3, 0.4) is 0 Å². The van der Waals surface area contributed by atoms with Gasteiger partial charge in [-0.15, -0.1) is 0 Å². The molecule has 3 saturated heterocycles. The van der Waals surface area contributed by atoms with E-state index in [-0.39, 0.29) is 11.9 Å². The van der Waals surface area contributed by atoms with E-state index in [2.05, 4.69) is 17.1 Å². The Labute approximate surface area is 164 Å². The lowest BCUT2D eigenvalue weighted by atomic mass is 9.79. The number of amides is 2. The first-order chi connectivity index (χ1) is 13.5. The molecule has 0 saturated carbocycles. The number of benzene rings is 2. The topological polar surface area (TPSA) is 84.7 Å². The predicted octanol–water partition coefficient (Wildman–Crippen LogP) is 2.79. The molecule has 2 bridgehead atoms. The number of primary amides is 1. The van der Waals surface area contributed by atoms with Crippen LogP contribution in [0.1, 0.15) is 40.5 Å². The second kappa shape index (κ2) is 7.64. The quantitative estimate of drug-likeness (QED) is 0.837. The third kappa shape index (κ3) is 3.73. The number of rotatable bonds is 5. The van der Waals surface area contributed by atoms with E-state index in [1.54, 1.807) is 48.5 Å². The van der Waals surface area contributed by atoms with E-state index in [1.165, 1.54) is 0 Å². The monoisotopic (exact) mass is 379 g/mol. The minimum atomic E-state index is -0.501. The van der Waals surface area contributed by atoms with Gasteiger partial charge in [-0.05, 0) is 81.2 Å². The third-order valence-corrected chi connectivity index (χ3v) is 5.95. The highest BCUT2D eigenvalue weighted by Crippen LogP contribution is 2.32. The molecule has 3 heterocycles. The van der Waals surface area contributed by atoms with Crippen molar-refractivity contribution in [2.75, 3.05) is 13.1 Å². The van der Waals surface area contributed by atoms with Crippen LogP contribution in [-0.4, -0.2) is 41.9 Å². The molecule has 0 unspecified atom stereocenters. The lowest BCUT2D eigenvalue weighted by molar-refractivity contribution is 0.0217. The Kier molecular flexibility index (Phi) is 5.05. The molecular weight excluding hydrogens is 354 g/mol. The minimum Gasteiger partial charge on any atom is -0.457 e. The number of hydrogen-bond acceptors (Lipinski definition) is 4. The highest BCUT2D eigenvalue weighted by molar-refractivity contribution is 5.94. The summed E-state index contributed by atoms with van der Waals surface area (Å²) < 4.78 is 5.77. The maximum absolute atomic E-state index is 12.7. The van der Waals surface area contributed by atoms with Crippen LogP contribution in [0.2, 0.25) is 0 Å². The van der Waals surface area contributed by atoms with E-state index < -0.39 is 5.91 Å².